The van der Waals surface area contributed by atoms with Crippen LogP contribution in [0.3, 0.4) is 0 Å². The van der Waals surface area contributed by atoms with Crippen LogP contribution in [0.1, 0.15) is 28.5 Å². The summed E-state index contributed by atoms with van der Waals surface area (Å²) in [7, 11) is 1.56. The second-order valence-corrected chi connectivity index (χ2v) is 9.72. The van der Waals surface area contributed by atoms with Crippen molar-refractivity contribution in [1.29, 1.82) is 5.53 Å². The van der Waals surface area contributed by atoms with Crippen LogP contribution in [0.15, 0.2) is 88.9 Å². The summed E-state index contributed by atoms with van der Waals surface area (Å²) in [4.78, 5) is 34.5. The van der Waals surface area contributed by atoms with Crippen LogP contribution in [-0.2, 0) is 13.0 Å². The van der Waals surface area contributed by atoms with Gasteiger partial charge in [-0.3, -0.25) is 19.3 Å². The third-order valence-corrected chi connectivity index (χ3v) is 6.86. The van der Waals surface area contributed by atoms with Crippen molar-refractivity contribution in [2.75, 3.05) is 7.11 Å². The molecule has 2 aromatic heterocycles. The van der Waals surface area contributed by atoms with Crippen LogP contribution in [0.25, 0.3) is 16.6 Å². The first kappa shape index (κ1) is 28.1. The number of Topliss-reactive ketones (excluding diaryl/α,β-unsaturated/α-hetero) is 1. The van der Waals surface area contributed by atoms with Crippen LogP contribution in [-0.4, -0.2) is 33.3 Å². The second-order valence-electron chi connectivity index (χ2n) is 9.72. The number of carbonyl (C=O) groups is 1. The minimum atomic E-state index is -0.649. The summed E-state index contributed by atoms with van der Waals surface area (Å²) in [5, 5.41) is 4.51. The number of ether oxygens (including phenoxy) is 2. The molecule has 3 aromatic carbocycles. The lowest BCUT2D eigenvalue weighted by atomic mass is 10.0. The zero-order valence-corrected chi connectivity index (χ0v) is 23.2. The van der Waals surface area contributed by atoms with E-state index in [1.54, 1.807) is 86.4 Å². The van der Waals surface area contributed by atoms with Crippen LogP contribution >= 0.6 is 0 Å². The number of halogens is 1. The molecule has 0 aliphatic carbocycles. The molecule has 0 saturated heterocycles. The Morgan fingerprint density at radius 1 is 1.10 bits per heavy atom. The molecule has 42 heavy (non-hydrogen) atoms. The van der Waals surface area contributed by atoms with E-state index < -0.39 is 23.2 Å². The lowest BCUT2D eigenvalue weighted by molar-refractivity contribution is 0.0991. The summed E-state index contributed by atoms with van der Waals surface area (Å²) < 4.78 is 29.4. The van der Waals surface area contributed by atoms with E-state index in [1.165, 1.54) is 16.8 Å². The van der Waals surface area contributed by atoms with Crippen molar-refractivity contribution in [1.82, 2.24) is 19.3 Å². The number of ketones is 1. The zero-order chi connectivity index (χ0) is 29.8. The Morgan fingerprint density at radius 2 is 1.88 bits per heavy atom. The molecular formula is C31H28FN6O4+. The number of nitrogens with zero attached hydrogens (tertiary/aromatic N) is 5. The van der Waals surface area contributed by atoms with Crippen LogP contribution in [0.2, 0.25) is 0 Å². The van der Waals surface area contributed by atoms with Gasteiger partial charge in [0.05, 0.1) is 24.9 Å². The number of fused-ring (bicyclic) bond motifs is 1. The number of carbonyl (C=O) groups excluding carboxylic acids is 1. The van der Waals surface area contributed by atoms with Gasteiger partial charge >= 0.3 is 0 Å². The molecule has 0 aliphatic heterocycles. The van der Waals surface area contributed by atoms with E-state index in [0.29, 0.717) is 39.3 Å². The molecule has 0 bridgehead atoms. The highest BCUT2D eigenvalue weighted by Crippen LogP contribution is 2.32. The topological polar surface area (TPSA) is 126 Å². The van der Waals surface area contributed by atoms with Crippen molar-refractivity contribution in [3.63, 3.8) is 0 Å². The standard InChI is InChI=1S/C31H28FN6O4/c1-19(35-36-33)18-37-20(2)30(31(40)38(37)22-7-5-4-6-8-22)27(39)16-21-9-12-29(25(32)15-21)42-28-13-14-34-26-17-23(41-3)10-11-24(26)28/h4-15,17,19,33H,16,18H2,1-3H3/q+1/t19-/m0/s1. The maximum atomic E-state index is 15.2. The van der Waals surface area contributed by atoms with Crippen molar-refractivity contribution in [2.45, 2.75) is 32.9 Å². The van der Waals surface area contributed by atoms with E-state index in [0.717, 1.165) is 0 Å². The number of hydrogen-bond donors (Lipinski definition) is 1. The lowest BCUT2D eigenvalue weighted by Crippen LogP contribution is -2.26. The van der Waals surface area contributed by atoms with Gasteiger partial charge in [0.1, 0.15) is 27.7 Å². The van der Waals surface area contributed by atoms with Gasteiger partial charge < -0.3 is 9.47 Å². The zero-order valence-electron chi connectivity index (χ0n) is 23.2. The smallest absolute Gasteiger partial charge is 0.282 e. The summed E-state index contributed by atoms with van der Waals surface area (Å²) in [6.45, 7) is 3.67. The lowest BCUT2D eigenvalue weighted by Gasteiger charge is -2.13. The second kappa shape index (κ2) is 12.0. The van der Waals surface area contributed by atoms with Crippen LogP contribution in [0, 0.1) is 18.3 Å². The first-order valence-corrected chi connectivity index (χ1v) is 13.2. The Hall–Kier alpha value is -5.41. The molecule has 0 aliphatic rings. The number of methoxy groups -OCH3 is 1. The molecule has 11 heteroatoms. The van der Waals surface area contributed by atoms with Gasteiger partial charge in [-0.15, -0.1) is 0 Å². The molecule has 0 fully saturated rings. The number of aromatic nitrogens is 3. The normalized spacial score (nSPS) is 11.6. The Bertz CT molecular complexity index is 1890. The van der Waals surface area contributed by atoms with Crippen molar-refractivity contribution in [3.8, 4) is 22.9 Å². The van der Waals surface area contributed by atoms with E-state index in [-0.39, 0.29) is 24.3 Å². The molecule has 5 rings (SSSR count). The molecular weight excluding hydrogens is 539 g/mol. The first-order chi connectivity index (χ1) is 20.3. The third-order valence-electron chi connectivity index (χ3n) is 6.86. The molecule has 5 aromatic rings. The molecule has 10 nitrogen and oxygen atoms in total. The number of benzene rings is 3. The van der Waals surface area contributed by atoms with Crippen molar-refractivity contribution in [2.24, 2.45) is 5.11 Å². The summed E-state index contributed by atoms with van der Waals surface area (Å²) in [6.07, 6.45) is 1.38. The monoisotopic (exact) mass is 567 g/mol. The van der Waals surface area contributed by atoms with Gasteiger partial charge in [-0.2, -0.15) is 0 Å². The number of nitrogens with one attached hydrogen (secondary N) is 1. The third kappa shape index (κ3) is 5.59. The highest BCUT2D eigenvalue weighted by atomic mass is 19.1. The fraction of sp³-hybridized carbons (Fsp3) is 0.194. The van der Waals surface area contributed by atoms with Crippen molar-refractivity contribution in [3.05, 3.63) is 112 Å². The number of para-hydroxylation sites is 1. The van der Waals surface area contributed by atoms with Gasteiger partial charge in [0.15, 0.2) is 23.4 Å². The molecule has 212 valence electrons. The molecule has 0 radical (unpaired) electrons. The molecule has 0 unspecified atom stereocenters. The molecule has 1 N–H and O–H groups in total. The van der Waals surface area contributed by atoms with Crippen molar-refractivity contribution < 1.29 is 18.7 Å². The Morgan fingerprint density at radius 3 is 2.60 bits per heavy atom. The highest BCUT2D eigenvalue weighted by Gasteiger charge is 2.25. The molecule has 1 atom stereocenters. The SMILES string of the molecule is COc1ccc2c(Oc3ccc(CC(=O)c4c(C)n(C[C@H](C)N=[N+]=N)n(-c5ccccc5)c4=O)cc3F)ccnc2c1. The summed E-state index contributed by atoms with van der Waals surface area (Å²) >= 11 is 0. The summed E-state index contributed by atoms with van der Waals surface area (Å²) in [6, 6.07) is 19.8. The fourth-order valence-corrected chi connectivity index (χ4v) is 4.85. The van der Waals surface area contributed by atoms with E-state index in [2.05, 4.69) is 15.0 Å². The Balaban J connectivity index is 1.43. The van der Waals surface area contributed by atoms with Gasteiger partial charge in [-0.05, 0) is 61.9 Å². The van der Waals surface area contributed by atoms with E-state index >= 15 is 4.39 Å². The maximum absolute atomic E-state index is 15.2. The minimum Gasteiger partial charge on any atom is -0.497 e. The van der Waals surface area contributed by atoms with E-state index in [4.69, 9.17) is 15.0 Å². The molecule has 0 saturated carbocycles. The quantitative estimate of drug-likeness (QED) is 0.130. The van der Waals surface area contributed by atoms with Crippen LogP contribution in [0.4, 0.5) is 4.39 Å². The number of hydrogen-bond acceptors (Lipinski definition) is 7. The average molecular weight is 568 g/mol. The van der Waals surface area contributed by atoms with E-state index in [1.807, 2.05) is 6.07 Å². The highest BCUT2D eigenvalue weighted by molar-refractivity contribution is 5.98. The summed E-state index contributed by atoms with van der Waals surface area (Å²) in [5.41, 5.74) is 8.61. The first-order valence-electron chi connectivity index (χ1n) is 13.2. The largest absolute Gasteiger partial charge is 0.497 e. The van der Waals surface area contributed by atoms with Crippen LogP contribution in [0.5, 0.6) is 17.2 Å². The maximum Gasteiger partial charge on any atom is 0.282 e. The molecule has 2 heterocycles. The predicted octanol–water partition coefficient (Wildman–Crippen LogP) is 5.80. The molecule has 0 amide bonds. The Labute approximate surface area is 240 Å². The number of pyridine rings is 1. The van der Waals surface area contributed by atoms with Crippen LogP contribution < -0.4 is 19.9 Å². The minimum absolute atomic E-state index is 0.00767. The predicted molar refractivity (Wildman–Crippen MR) is 154 cm³/mol. The van der Waals surface area contributed by atoms with Gasteiger partial charge in [0.25, 0.3) is 5.56 Å². The Kier molecular flexibility index (Phi) is 8.03. The average Bonchev–Trinajstić information content (AvgIpc) is 3.23. The van der Waals surface area contributed by atoms with Gasteiger partial charge in [-0.1, -0.05) is 24.3 Å². The van der Waals surface area contributed by atoms with Crippen molar-refractivity contribution >= 4 is 16.7 Å². The van der Waals surface area contributed by atoms with Gasteiger partial charge in [-0.25, -0.2) is 9.07 Å². The van der Waals surface area contributed by atoms with Gasteiger partial charge in [0, 0.05) is 29.8 Å². The molecule has 0 spiro atoms. The fourth-order valence-electron chi connectivity index (χ4n) is 4.85. The van der Waals surface area contributed by atoms with E-state index in [9.17, 15) is 9.59 Å². The summed E-state index contributed by atoms with van der Waals surface area (Å²) in [5.74, 6) is -0.0488. The number of rotatable bonds is 10. The van der Waals surface area contributed by atoms with Gasteiger partial charge in [0.2, 0.25) is 4.91 Å².